The molecule has 0 fully saturated rings. The van der Waals surface area contributed by atoms with Crippen LogP contribution in [0.15, 0.2) is 42.5 Å². The first kappa shape index (κ1) is 14.1. The maximum atomic E-state index is 11.2. The molecule has 0 aliphatic carbocycles. The summed E-state index contributed by atoms with van der Waals surface area (Å²) >= 11 is 0. The van der Waals surface area contributed by atoms with Gasteiger partial charge in [-0.25, -0.2) is 0 Å². The van der Waals surface area contributed by atoms with Gasteiger partial charge in [-0.15, -0.1) is 0 Å². The number of nitrogens with one attached hydrogen (secondary N) is 1. The average Bonchev–Trinajstić information content (AvgIpc) is 2.41. The quantitative estimate of drug-likeness (QED) is 0.915. The van der Waals surface area contributed by atoms with Gasteiger partial charge in [0.25, 0.3) is 0 Å². The largest absolute Gasteiger partial charge is 0.489 e. The Hall–Kier alpha value is -2.29. The second kappa shape index (κ2) is 6.24. The van der Waals surface area contributed by atoms with Gasteiger partial charge in [-0.05, 0) is 42.7 Å². The molecule has 1 amide bonds. The van der Waals surface area contributed by atoms with E-state index in [1.54, 1.807) is 0 Å². The Morgan fingerprint density at radius 2 is 1.70 bits per heavy atom. The second-order valence-electron chi connectivity index (χ2n) is 4.89. The fourth-order valence-electron chi connectivity index (χ4n) is 2.12. The summed E-state index contributed by atoms with van der Waals surface area (Å²) in [7, 11) is 0. The van der Waals surface area contributed by atoms with Crippen LogP contribution in [0.25, 0.3) is 0 Å². The molecular formula is C17H19NO2. The molecule has 0 aliphatic rings. The number of rotatable bonds is 4. The Balaban J connectivity index is 2.12. The predicted molar refractivity (Wildman–Crippen MR) is 81.0 cm³/mol. The second-order valence-corrected chi connectivity index (χ2v) is 4.89. The Morgan fingerprint density at radius 3 is 2.25 bits per heavy atom. The molecule has 0 radical (unpaired) electrons. The van der Waals surface area contributed by atoms with Gasteiger partial charge >= 0.3 is 0 Å². The van der Waals surface area contributed by atoms with Crippen LogP contribution in [0.4, 0.5) is 5.69 Å². The van der Waals surface area contributed by atoms with Crippen molar-refractivity contribution >= 4 is 11.6 Å². The summed E-state index contributed by atoms with van der Waals surface area (Å²) in [5.41, 5.74) is 4.00. The summed E-state index contributed by atoms with van der Waals surface area (Å²) < 4.78 is 5.80. The molecule has 0 spiro atoms. The van der Waals surface area contributed by atoms with Gasteiger partial charge in [-0.1, -0.05) is 30.3 Å². The van der Waals surface area contributed by atoms with E-state index in [0.29, 0.717) is 6.61 Å². The number of carbonyl (C=O) groups is 1. The average molecular weight is 269 g/mol. The highest BCUT2D eigenvalue weighted by Gasteiger charge is 2.07. The van der Waals surface area contributed by atoms with Crippen LogP contribution in [0.2, 0.25) is 0 Å². The van der Waals surface area contributed by atoms with Crippen LogP contribution in [0.3, 0.4) is 0 Å². The van der Waals surface area contributed by atoms with Crippen molar-refractivity contribution in [2.24, 2.45) is 0 Å². The number of benzene rings is 2. The lowest BCUT2D eigenvalue weighted by Crippen LogP contribution is -2.09. The normalized spacial score (nSPS) is 10.2. The van der Waals surface area contributed by atoms with Crippen molar-refractivity contribution in [2.45, 2.75) is 27.4 Å². The van der Waals surface area contributed by atoms with Crippen LogP contribution in [-0.4, -0.2) is 5.91 Å². The highest BCUT2D eigenvalue weighted by molar-refractivity contribution is 5.90. The molecule has 104 valence electrons. The van der Waals surface area contributed by atoms with E-state index in [9.17, 15) is 4.79 Å². The van der Waals surface area contributed by atoms with Crippen molar-refractivity contribution in [3.8, 4) is 5.75 Å². The van der Waals surface area contributed by atoms with Gasteiger partial charge in [0.15, 0.2) is 0 Å². The van der Waals surface area contributed by atoms with Gasteiger partial charge in [0, 0.05) is 12.6 Å². The summed E-state index contributed by atoms with van der Waals surface area (Å²) in [6.07, 6.45) is 0. The van der Waals surface area contributed by atoms with Crippen LogP contribution in [0.1, 0.15) is 23.6 Å². The molecule has 3 nitrogen and oxygen atoms in total. The number of carbonyl (C=O) groups excluding carboxylic acids is 1. The van der Waals surface area contributed by atoms with Gasteiger partial charge in [0.1, 0.15) is 12.4 Å². The Bertz CT molecular complexity index is 583. The third-order valence-electron chi connectivity index (χ3n) is 3.06. The monoisotopic (exact) mass is 269 g/mol. The van der Waals surface area contributed by atoms with Gasteiger partial charge in [-0.2, -0.15) is 0 Å². The number of amides is 1. The van der Waals surface area contributed by atoms with E-state index in [4.69, 9.17) is 4.74 Å². The fourth-order valence-corrected chi connectivity index (χ4v) is 2.12. The molecule has 0 unspecified atom stereocenters. The minimum Gasteiger partial charge on any atom is -0.489 e. The van der Waals surface area contributed by atoms with Gasteiger partial charge in [0.2, 0.25) is 5.91 Å². The minimum atomic E-state index is -0.0610. The van der Waals surface area contributed by atoms with E-state index in [1.165, 1.54) is 6.92 Å². The van der Waals surface area contributed by atoms with E-state index >= 15 is 0 Å². The van der Waals surface area contributed by atoms with Crippen molar-refractivity contribution in [3.63, 3.8) is 0 Å². The molecule has 20 heavy (non-hydrogen) atoms. The number of anilines is 1. The topological polar surface area (TPSA) is 38.3 Å². The first-order chi connectivity index (χ1) is 9.56. The minimum absolute atomic E-state index is 0.0610. The van der Waals surface area contributed by atoms with Gasteiger partial charge in [-0.3, -0.25) is 4.79 Å². The standard InChI is InChI=1S/C17H19NO2/c1-12-9-16(10-13(2)17(12)18-14(3)19)20-11-15-7-5-4-6-8-15/h4-10H,11H2,1-3H3,(H,18,19). The van der Waals surface area contributed by atoms with Crippen LogP contribution in [0, 0.1) is 13.8 Å². The van der Waals surface area contributed by atoms with Crippen molar-refractivity contribution in [1.82, 2.24) is 0 Å². The molecule has 2 aromatic rings. The Kier molecular flexibility index (Phi) is 4.41. The molecule has 3 heteroatoms. The van der Waals surface area contributed by atoms with Crippen molar-refractivity contribution in [3.05, 3.63) is 59.2 Å². The summed E-state index contributed by atoms with van der Waals surface area (Å²) in [5, 5.41) is 2.85. The maximum absolute atomic E-state index is 11.2. The van der Waals surface area contributed by atoms with Crippen LogP contribution in [0.5, 0.6) is 5.75 Å². The Labute approximate surface area is 119 Å². The molecule has 2 aromatic carbocycles. The first-order valence-electron chi connectivity index (χ1n) is 6.62. The molecule has 0 aromatic heterocycles. The van der Waals surface area contributed by atoms with E-state index in [0.717, 1.165) is 28.1 Å². The molecule has 0 aliphatic heterocycles. The summed E-state index contributed by atoms with van der Waals surface area (Å²) in [5.74, 6) is 0.757. The van der Waals surface area contributed by atoms with E-state index in [2.05, 4.69) is 5.32 Å². The van der Waals surface area contributed by atoms with Crippen LogP contribution < -0.4 is 10.1 Å². The lowest BCUT2D eigenvalue weighted by Gasteiger charge is -2.13. The fraction of sp³-hybridized carbons (Fsp3) is 0.235. The molecule has 0 heterocycles. The van der Waals surface area contributed by atoms with E-state index < -0.39 is 0 Å². The lowest BCUT2D eigenvalue weighted by molar-refractivity contribution is -0.114. The van der Waals surface area contributed by atoms with Crippen molar-refractivity contribution < 1.29 is 9.53 Å². The van der Waals surface area contributed by atoms with Gasteiger partial charge < -0.3 is 10.1 Å². The summed E-state index contributed by atoms with van der Waals surface area (Å²) in [4.78, 5) is 11.2. The summed E-state index contributed by atoms with van der Waals surface area (Å²) in [6, 6.07) is 13.9. The zero-order chi connectivity index (χ0) is 14.5. The zero-order valence-electron chi connectivity index (χ0n) is 12.1. The SMILES string of the molecule is CC(=O)Nc1c(C)cc(OCc2ccccc2)cc1C. The predicted octanol–water partition coefficient (Wildman–Crippen LogP) is 3.84. The molecule has 1 N–H and O–H groups in total. The first-order valence-corrected chi connectivity index (χ1v) is 6.62. The lowest BCUT2D eigenvalue weighted by atomic mass is 10.1. The van der Waals surface area contributed by atoms with E-state index in [1.807, 2.05) is 56.3 Å². The van der Waals surface area contributed by atoms with Crippen molar-refractivity contribution in [2.75, 3.05) is 5.32 Å². The Morgan fingerprint density at radius 1 is 1.10 bits per heavy atom. The highest BCUT2D eigenvalue weighted by Crippen LogP contribution is 2.26. The van der Waals surface area contributed by atoms with Crippen LogP contribution >= 0.6 is 0 Å². The zero-order valence-corrected chi connectivity index (χ0v) is 12.1. The van der Waals surface area contributed by atoms with Crippen molar-refractivity contribution in [1.29, 1.82) is 0 Å². The van der Waals surface area contributed by atoms with E-state index in [-0.39, 0.29) is 5.91 Å². The number of hydrogen-bond donors (Lipinski definition) is 1. The van der Waals surface area contributed by atoms with Crippen LogP contribution in [-0.2, 0) is 11.4 Å². The number of hydrogen-bond acceptors (Lipinski definition) is 2. The molecule has 0 bridgehead atoms. The summed E-state index contributed by atoms with van der Waals surface area (Å²) in [6.45, 7) is 5.99. The molecule has 0 saturated heterocycles. The smallest absolute Gasteiger partial charge is 0.221 e. The molecule has 2 rings (SSSR count). The third-order valence-corrected chi connectivity index (χ3v) is 3.06. The van der Waals surface area contributed by atoms with Gasteiger partial charge in [0.05, 0.1) is 0 Å². The highest BCUT2D eigenvalue weighted by atomic mass is 16.5. The molecular weight excluding hydrogens is 250 g/mol. The third kappa shape index (κ3) is 3.60. The number of ether oxygens (including phenoxy) is 1. The maximum Gasteiger partial charge on any atom is 0.221 e. The molecule has 0 saturated carbocycles. The molecule has 0 atom stereocenters. The number of aryl methyl sites for hydroxylation is 2.